The maximum Gasteiger partial charge on any atom is 0.216 e. The summed E-state index contributed by atoms with van der Waals surface area (Å²) < 4.78 is 0. The maximum atomic E-state index is 10.7. The van der Waals surface area contributed by atoms with E-state index < -0.39 is 0 Å². The van der Waals surface area contributed by atoms with E-state index in [1.165, 1.54) is 6.92 Å². The van der Waals surface area contributed by atoms with Gasteiger partial charge in [-0.2, -0.15) is 0 Å². The Hall–Kier alpha value is -0.760. The van der Waals surface area contributed by atoms with E-state index in [0.717, 1.165) is 11.5 Å². The summed E-state index contributed by atoms with van der Waals surface area (Å²) in [6.45, 7) is 4.29. The Balaban J connectivity index is 2.50. The van der Waals surface area contributed by atoms with E-state index in [1.807, 2.05) is 18.2 Å². The summed E-state index contributed by atoms with van der Waals surface area (Å²) in [6.07, 6.45) is 6.78. The van der Waals surface area contributed by atoms with Gasteiger partial charge >= 0.3 is 0 Å². The van der Waals surface area contributed by atoms with Crippen molar-refractivity contribution in [2.24, 2.45) is 5.41 Å². The molecule has 0 fully saturated rings. The number of allylic oxidation sites excluding steroid dienone is 3. The molecule has 0 heterocycles. The van der Waals surface area contributed by atoms with Crippen molar-refractivity contribution in [2.75, 3.05) is 6.54 Å². The molecule has 1 rings (SSSR count). The second-order valence-corrected chi connectivity index (χ2v) is 4.13. The first-order valence-electron chi connectivity index (χ1n) is 4.31. The summed E-state index contributed by atoms with van der Waals surface area (Å²) >= 11 is 5.79. The van der Waals surface area contributed by atoms with Crippen molar-refractivity contribution in [3.8, 4) is 0 Å². The average molecular weight is 200 g/mol. The van der Waals surface area contributed by atoms with Gasteiger partial charge in [0.05, 0.1) is 0 Å². The summed E-state index contributed by atoms with van der Waals surface area (Å²) in [5, 5.41) is 3.59. The van der Waals surface area contributed by atoms with Crippen molar-refractivity contribution in [2.45, 2.75) is 20.3 Å². The third-order valence-electron chi connectivity index (χ3n) is 2.15. The quantitative estimate of drug-likeness (QED) is 0.726. The Kier molecular flexibility index (Phi) is 3.15. The number of hydrogen-bond acceptors (Lipinski definition) is 1. The predicted molar refractivity (Wildman–Crippen MR) is 54.5 cm³/mol. The standard InChI is InChI=1S/C10H14ClNO/c1-8(13)12-7-10(2)5-3-9(11)4-6-10/h3-5H,6-7H2,1-2H3,(H,12,13). The fourth-order valence-corrected chi connectivity index (χ4v) is 1.35. The van der Waals surface area contributed by atoms with Gasteiger partial charge in [-0.05, 0) is 12.5 Å². The van der Waals surface area contributed by atoms with Gasteiger partial charge in [0.2, 0.25) is 5.91 Å². The van der Waals surface area contributed by atoms with Crippen LogP contribution in [0.4, 0.5) is 0 Å². The van der Waals surface area contributed by atoms with Gasteiger partial charge in [0.1, 0.15) is 0 Å². The smallest absolute Gasteiger partial charge is 0.216 e. The van der Waals surface area contributed by atoms with E-state index >= 15 is 0 Å². The first-order valence-corrected chi connectivity index (χ1v) is 4.69. The molecular formula is C10H14ClNO. The van der Waals surface area contributed by atoms with Crippen LogP contribution < -0.4 is 5.32 Å². The highest BCUT2D eigenvalue weighted by Gasteiger charge is 2.22. The monoisotopic (exact) mass is 199 g/mol. The van der Waals surface area contributed by atoms with Gasteiger partial charge in [-0.15, -0.1) is 0 Å². The van der Waals surface area contributed by atoms with Crippen LogP contribution in [0.1, 0.15) is 20.3 Å². The summed E-state index contributed by atoms with van der Waals surface area (Å²) in [5.41, 5.74) is 0.0179. The highest BCUT2D eigenvalue weighted by molar-refractivity contribution is 6.31. The van der Waals surface area contributed by atoms with Crippen LogP contribution in [0.25, 0.3) is 0 Å². The zero-order chi connectivity index (χ0) is 9.90. The van der Waals surface area contributed by atoms with Crippen molar-refractivity contribution in [3.05, 3.63) is 23.3 Å². The lowest BCUT2D eigenvalue weighted by molar-refractivity contribution is -0.119. The first kappa shape index (κ1) is 10.3. The predicted octanol–water partition coefficient (Wildman–Crippen LogP) is 2.21. The second-order valence-electron chi connectivity index (χ2n) is 3.69. The lowest BCUT2D eigenvalue weighted by Crippen LogP contribution is -2.33. The molecule has 1 aliphatic rings. The zero-order valence-electron chi connectivity index (χ0n) is 7.93. The van der Waals surface area contributed by atoms with E-state index in [1.54, 1.807) is 0 Å². The Morgan fingerprint density at radius 3 is 2.92 bits per heavy atom. The number of rotatable bonds is 2. The Labute approximate surface area is 83.7 Å². The molecule has 3 heteroatoms. The minimum absolute atomic E-state index is 0.00951. The van der Waals surface area contributed by atoms with E-state index in [4.69, 9.17) is 11.6 Å². The molecule has 0 radical (unpaired) electrons. The lowest BCUT2D eigenvalue weighted by Gasteiger charge is -2.27. The van der Waals surface area contributed by atoms with Crippen LogP contribution >= 0.6 is 11.6 Å². The Morgan fingerprint density at radius 2 is 2.46 bits per heavy atom. The van der Waals surface area contributed by atoms with Crippen LogP contribution in [0.15, 0.2) is 23.3 Å². The van der Waals surface area contributed by atoms with Crippen LogP contribution in [0.3, 0.4) is 0 Å². The van der Waals surface area contributed by atoms with Crippen molar-refractivity contribution < 1.29 is 4.79 Å². The minimum atomic E-state index is 0.00951. The maximum absolute atomic E-state index is 10.7. The fourth-order valence-electron chi connectivity index (χ4n) is 1.21. The molecule has 1 aliphatic carbocycles. The molecule has 72 valence electrons. The van der Waals surface area contributed by atoms with Crippen molar-refractivity contribution >= 4 is 17.5 Å². The number of halogens is 1. The van der Waals surface area contributed by atoms with E-state index in [9.17, 15) is 4.79 Å². The van der Waals surface area contributed by atoms with Gasteiger partial charge in [0.25, 0.3) is 0 Å². The van der Waals surface area contributed by atoms with Gasteiger partial charge in [-0.1, -0.05) is 30.7 Å². The van der Waals surface area contributed by atoms with Crippen LogP contribution in [-0.2, 0) is 4.79 Å². The molecule has 0 aliphatic heterocycles. The normalized spacial score (nSPS) is 26.8. The van der Waals surface area contributed by atoms with E-state index in [2.05, 4.69) is 12.2 Å². The molecular weight excluding hydrogens is 186 g/mol. The second kappa shape index (κ2) is 3.97. The fraction of sp³-hybridized carbons (Fsp3) is 0.500. The molecule has 2 nitrogen and oxygen atoms in total. The Morgan fingerprint density at radius 1 is 1.77 bits per heavy atom. The summed E-state index contributed by atoms with van der Waals surface area (Å²) in [5.74, 6) is 0.00951. The first-order chi connectivity index (χ1) is 6.02. The van der Waals surface area contributed by atoms with Crippen molar-refractivity contribution in [3.63, 3.8) is 0 Å². The van der Waals surface area contributed by atoms with E-state index in [0.29, 0.717) is 6.54 Å². The number of carbonyl (C=O) groups is 1. The van der Waals surface area contributed by atoms with Gasteiger partial charge in [0, 0.05) is 23.9 Å². The third kappa shape index (κ3) is 3.23. The lowest BCUT2D eigenvalue weighted by atomic mass is 9.84. The highest BCUT2D eigenvalue weighted by Crippen LogP contribution is 2.29. The molecule has 0 aromatic heterocycles. The van der Waals surface area contributed by atoms with Gasteiger partial charge < -0.3 is 5.32 Å². The molecule has 1 atom stereocenters. The zero-order valence-corrected chi connectivity index (χ0v) is 8.69. The van der Waals surface area contributed by atoms with Crippen LogP contribution in [0, 0.1) is 5.41 Å². The molecule has 1 N–H and O–H groups in total. The number of hydrogen-bond donors (Lipinski definition) is 1. The molecule has 1 amide bonds. The number of amides is 1. The summed E-state index contributed by atoms with van der Waals surface area (Å²) in [7, 11) is 0. The van der Waals surface area contributed by atoms with Gasteiger partial charge in [-0.3, -0.25) is 4.79 Å². The minimum Gasteiger partial charge on any atom is -0.355 e. The van der Waals surface area contributed by atoms with E-state index in [-0.39, 0.29) is 11.3 Å². The average Bonchev–Trinajstić information content (AvgIpc) is 2.08. The van der Waals surface area contributed by atoms with Gasteiger partial charge in [0.15, 0.2) is 0 Å². The molecule has 0 saturated heterocycles. The third-order valence-corrected chi connectivity index (χ3v) is 2.43. The SMILES string of the molecule is CC(=O)NCC1(C)C=CC(Cl)=CC1. The van der Waals surface area contributed by atoms with Gasteiger partial charge in [-0.25, -0.2) is 0 Å². The molecule has 0 bridgehead atoms. The Bertz CT molecular complexity index is 270. The molecule has 0 saturated carbocycles. The molecule has 0 aromatic carbocycles. The molecule has 0 spiro atoms. The largest absolute Gasteiger partial charge is 0.355 e. The molecule has 0 aromatic rings. The van der Waals surface area contributed by atoms with Crippen LogP contribution in [-0.4, -0.2) is 12.5 Å². The highest BCUT2D eigenvalue weighted by atomic mass is 35.5. The van der Waals surface area contributed by atoms with Crippen LogP contribution in [0.2, 0.25) is 0 Å². The van der Waals surface area contributed by atoms with Crippen molar-refractivity contribution in [1.29, 1.82) is 0 Å². The topological polar surface area (TPSA) is 29.1 Å². The van der Waals surface area contributed by atoms with Crippen LogP contribution in [0.5, 0.6) is 0 Å². The summed E-state index contributed by atoms with van der Waals surface area (Å²) in [6, 6.07) is 0. The van der Waals surface area contributed by atoms with Crippen molar-refractivity contribution in [1.82, 2.24) is 5.32 Å². The number of carbonyl (C=O) groups excluding carboxylic acids is 1. The summed E-state index contributed by atoms with van der Waals surface area (Å²) in [4.78, 5) is 10.7. The molecule has 13 heavy (non-hydrogen) atoms. The number of nitrogens with one attached hydrogen (secondary N) is 1. The molecule has 1 unspecified atom stereocenters.